The summed E-state index contributed by atoms with van der Waals surface area (Å²) in [4.78, 5) is 11.6. The molecule has 1 heterocycles. The van der Waals surface area contributed by atoms with Gasteiger partial charge in [-0.05, 0) is 31.3 Å². The van der Waals surface area contributed by atoms with Crippen molar-refractivity contribution in [3.63, 3.8) is 0 Å². The first-order chi connectivity index (χ1) is 8.26. The number of nitrogens with zero attached hydrogens (tertiary/aromatic N) is 3. The molecule has 0 fully saturated rings. The molecule has 6 heteroatoms. The quantitative estimate of drug-likeness (QED) is 0.784. The molecule has 0 atom stereocenters. The Morgan fingerprint density at radius 2 is 2.18 bits per heavy atom. The minimum atomic E-state index is -0.292. The molecule has 0 saturated heterocycles. The van der Waals surface area contributed by atoms with E-state index in [-0.39, 0.29) is 5.69 Å². The molecule has 0 bridgehead atoms. The van der Waals surface area contributed by atoms with E-state index >= 15 is 0 Å². The van der Waals surface area contributed by atoms with Gasteiger partial charge in [0.2, 0.25) is 0 Å². The van der Waals surface area contributed by atoms with Crippen molar-refractivity contribution in [3.05, 3.63) is 46.1 Å². The highest BCUT2D eigenvalue weighted by atomic mass is 16.1. The smallest absolute Gasteiger partial charge is 0.313 e. The molecule has 86 valence electrons. The van der Waals surface area contributed by atoms with Gasteiger partial charge in [0.15, 0.2) is 5.82 Å². The summed E-state index contributed by atoms with van der Waals surface area (Å²) < 4.78 is 1.47. The lowest BCUT2D eigenvalue weighted by Gasteiger charge is -2.04. The van der Waals surface area contributed by atoms with Crippen LogP contribution in [0.15, 0.2) is 29.1 Å². The van der Waals surface area contributed by atoms with Gasteiger partial charge in [-0.1, -0.05) is 0 Å². The van der Waals surface area contributed by atoms with E-state index in [1.54, 1.807) is 31.3 Å². The van der Waals surface area contributed by atoms with Gasteiger partial charge in [0.1, 0.15) is 0 Å². The van der Waals surface area contributed by atoms with Gasteiger partial charge in [-0.25, -0.2) is 14.5 Å². The molecular weight excluding hydrogens is 218 g/mol. The van der Waals surface area contributed by atoms with Crippen LogP contribution in [0, 0.1) is 11.3 Å². The highest BCUT2D eigenvalue weighted by Crippen LogP contribution is 2.08. The van der Waals surface area contributed by atoms with Gasteiger partial charge in [0.05, 0.1) is 23.9 Å². The number of hydrogen-bond donors (Lipinski definition) is 2. The van der Waals surface area contributed by atoms with E-state index in [4.69, 9.17) is 5.26 Å². The van der Waals surface area contributed by atoms with Gasteiger partial charge in [0.25, 0.3) is 0 Å². The molecular formula is C11H11N5O. The Bertz CT molecular complexity index is 602. The van der Waals surface area contributed by atoms with Crippen LogP contribution in [-0.4, -0.2) is 21.8 Å². The number of aromatic nitrogens is 3. The fraction of sp³-hybridized carbons (Fsp3) is 0.182. The molecule has 2 rings (SSSR count). The van der Waals surface area contributed by atoms with E-state index in [0.717, 1.165) is 0 Å². The Morgan fingerprint density at radius 3 is 2.76 bits per heavy atom. The van der Waals surface area contributed by atoms with Crippen molar-refractivity contribution in [2.45, 2.75) is 6.54 Å². The maximum absolute atomic E-state index is 11.6. The third-order valence-corrected chi connectivity index (χ3v) is 2.33. The fourth-order valence-corrected chi connectivity index (χ4v) is 1.56. The van der Waals surface area contributed by atoms with Crippen molar-refractivity contribution in [3.8, 4) is 11.8 Å². The van der Waals surface area contributed by atoms with Gasteiger partial charge in [0, 0.05) is 0 Å². The van der Waals surface area contributed by atoms with Crippen LogP contribution in [-0.2, 0) is 6.54 Å². The normalized spacial score (nSPS) is 10.1. The van der Waals surface area contributed by atoms with E-state index in [1.807, 2.05) is 6.07 Å². The molecule has 0 radical (unpaired) electrons. The summed E-state index contributed by atoms with van der Waals surface area (Å²) in [6.07, 6.45) is 0. The van der Waals surface area contributed by atoms with Gasteiger partial charge < -0.3 is 5.32 Å². The molecule has 17 heavy (non-hydrogen) atoms. The summed E-state index contributed by atoms with van der Waals surface area (Å²) >= 11 is 0. The van der Waals surface area contributed by atoms with E-state index in [1.165, 1.54) is 4.57 Å². The summed E-state index contributed by atoms with van der Waals surface area (Å²) in [5.41, 5.74) is 0.952. The van der Waals surface area contributed by atoms with Crippen molar-refractivity contribution < 1.29 is 0 Å². The Hall–Kier alpha value is -2.39. The summed E-state index contributed by atoms with van der Waals surface area (Å²) in [5.74, 6) is 0.599. The predicted molar refractivity (Wildman–Crippen MR) is 61.7 cm³/mol. The molecule has 0 aliphatic carbocycles. The molecule has 0 amide bonds. The van der Waals surface area contributed by atoms with Crippen molar-refractivity contribution in [1.29, 1.82) is 5.26 Å². The molecule has 2 N–H and O–H groups in total. The first-order valence-electron chi connectivity index (χ1n) is 5.07. The third kappa shape index (κ3) is 2.09. The molecule has 0 spiro atoms. The molecule has 0 saturated carbocycles. The molecule has 0 aliphatic heterocycles. The minimum absolute atomic E-state index is 0.292. The molecule has 1 aromatic carbocycles. The molecule has 6 nitrogen and oxygen atoms in total. The van der Waals surface area contributed by atoms with E-state index in [0.29, 0.717) is 23.6 Å². The predicted octanol–water partition coefficient (Wildman–Crippen LogP) is 0.152. The number of aromatic amines is 1. The van der Waals surface area contributed by atoms with Crippen LogP contribution in [0.4, 0.5) is 0 Å². The van der Waals surface area contributed by atoms with E-state index < -0.39 is 0 Å². The van der Waals surface area contributed by atoms with E-state index in [9.17, 15) is 4.79 Å². The van der Waals surface area contributed by atoms with Gasteiger partial charge >= 0.3 is 5.69 Å². The fourth-order valence-electron chi connectivity index (χ4n) is 1.56. The summed E-state index contributed by atoms with van der Waals surface area (Å²) in [6.45, 7) is 0.485. The summed E-state index contributed by atoms with van der Waals surface area (Å²) in [7, 11) is 1.78. The second-order valence-electron chi connectivity index (χ2n) is 3.47. The highest BCUT2D eigenvalue weighted by Gasteiger charge is 2.08. The highest BCUT2D eigenvalue weighted by molar-refractivity contribution is 5.39. The third-order valence-electron chi connectivity index (χ3n) is 2.33. The topological polar surface area (TPSA) is 86.5 Å². The van der Waals surface area contributed by atoms with E-state index in [2.05, 4.69) is 15.5 Å². The zero-order valence-corrected chi connectivity index (χ0v) is 9.27. The SMILES string of the molecule is CNCc1n[nH]c(=O)n1-c1ccc(C#N)cc1. The number of nitrogens with one attached hydrogen (secondary N) is 2. The van der Waals surface area contributed by atoms with Crippen molar-refractivity contribution in [2.24, 2.45) is 0 Å². The number of rotatable bonds is 3. The Balaban J connectivity index is 2.48. The number of hydrogen-bond acceptors (Lipinski definition) is 4. The Labute approximate surface area is 97.5 Å². The van der Waals surface area contributed by atoms with Crippen LogP contribution in [0.2, 0.25) is 0 Å². The average molecular weight is 229 g/mol. The maximum atomic E-state index is 11.6. The largest absolute Gasteiger partial charge is 0.347 e. The zero-order chi connectivity index (χ0) is 12.3. The first kappa shape index (κ1) is 11.1. The summed E-state index contributed by atoms with van der Waals surface area (Å²) in [6, 6.07) is 8.79. The van der Waals surface area contributed by atoms with Crippen molar-refractivity contribution in [2.75, 3.05) is 7.05 Å². The summed E-state index contributed by atoms with van der Waals surface area (Å²) in [5, 5.41) is 18.0. The van der Waals surface area contributed by atoms with Gasteiger partial charge in [-0.2, -0.15) is 10.4 Å². The molecule has 1 aromatic heterocycles. The molecule has 2 aromatic rings. The second-order valence-corrected chi connectivity index (χ2v) is 3.47. The lowest BCUT2D eigenvalue weighted by molar-refractivity contribution is 0.734. The maximum Gasteiger partial charge on any atom is 0.347 e. The number of H-pyrrole nitrogens is 1. The van der Waals surface area contributed by atoms with Crippen LogP contribution in [0.3, 0.4) is 0 Å². The zero-order valence-electron chi connectivity index (χ0n) is 9.27. The standard InChI is InChI=1S/C11H11N5O/c1-13-7-10-14-15-11(17)16(10)9-4-2-8(6-12)3-5-9/h2-5,13H,7H2,1H3,(H,15,17). The van der Waals surface area contributed by atoms with Gasteiger partial charge in [-0.15, -0.1) is 0 Å². The van der Waals surface area contributed by atoms with Crippen molar-refractivity contribution >= 4 is 0 Å². The molecule has 0 aliphatic rings. The Morgan fingerprint density at radius 1 is 1.47 bits per heavy atom. The number of benzene rings is 1. The lowest BCUT2D eigenvalue weighted by Crippen LogP contribution is -2.19. The monoisotopic (exact) mass is 229 g/mol. The van der Waals surface area contributed by atoms with Crippen LogP contribution in [0.1, 0.15) is 11.4 Å². The average Bonchev–Trinajstić information content (AvgIpc) is 2.71. The second kappa shape index (κ2) is 4.63. The minimum Gasteiger partial charge on any atom is -0.313 e. The Kier molecular flexibility index (Phi) is 3.03. The lowest BCUT2D eigenvalue weighted by atomic mass is 10.2. The van der Waals surface area contributed by atoms with Crippen LogP contribution < -0.4 is 11.0 Å². The van der Waals surface area contributed by atoms with Crippen LogP contribution >= 0.6 is 0 Å². The van der Waals surface area contributed by atoms with Gasteiger partial charge in [-0.3, -0.25) is 0 Å². The molecule has 0 unspecified atom stereocenters. The van der Waals surface area contributed by atoms with Crippen molar-refractivity contribution in [1.82, 2.24) is 20.1 Å². The van der Waals surface area contributed by atoms with Crippen LogP contribution in [0.25, 0.3) is 5.69 Å². The first-order valence-corrected chi connectivity index (χ1v) is 5.07. The van der Waals surface area contributed by atoms with Crippen LogP contribution in [0.5, 0.6) is 0 Å². The number of nitriles is 1.